The van der Waals surface area contributed by atoms with E-state index in [1.807, 2.05) is 0 Å². The summed E-state index contributed by atoms with van der Waals surface area (Å²) in [6.07, 6.45) is 7.77. The average Bonchev–Trinajstić information content (AvgIpc) is 3.13. The first-order valence-corrected chi connectivity index (χ1v) is 7.34. The first kappa shape index (κ1) is 11.0. The molecule has 1 N–H and O–H groups in total. The normalized spacial score (nSPS) is 42.8. The Morgan fingerprint density at radius 3 is 2.94 bits per heavy atom. The number of fused-ring (bicyclic) bond motifs is 2. The largest absolute Gasteiger partial charge is 0.337 e. The molecule has 0 radical (unpaired) electrons. The standard InChI is InChI=1S/C14H21N3O/c1-14(5-2-6-15-14)13-16-12(17-18-13)11-8-9-3-4-10(11)7-9/h9-11,15H,2-8H2,1H3. The minimum absolute atomic E-state index is 0.0805. The monoisotopic (exact) mass is 247 g/mol. The van der Waals surface area contributed by atoms with Gasteiger partial charge in [0.1, 0.15) is 0 Å². The van der Waals surface area contributed by atoms with Crippen molar-refractivity contribution in [1.82, 2.24) is 15.5 Å². The van der Waals surface area contributed by atoms with Crippen molar-refractivity contribution >= 4 is 0 Å². The second-order valence-electron chi connectivity index (χ2n) is 6.60. The first-order chi connectivity index (χ1) is 8.74. The minimum Gasteiger partial charge on any atom is -0.337 e. The van der Waals surface area contributed by atoms with Crippen molar-refractivity contribution in [2.45, 2.75) is 56.9 Å². The molecule has 4 unspecified atom stereocenters. The molecule has 4 rings (SSSR count). The zero-order chi connectivity index (χ0) is 12.2. The Bertz CT molecular complexity index is 450. The highest BCUT2D eigenvalue weighted by Gasteiger charge is 2.43. The molecule has 0 spiro atoms. The number of nitrogens with one attached hydrogen (secondary N) is 1. The zero-order valence-corrected chi connectivity index (χ0v) is 11.0. The summed E-state index contributed by atoms with van der Waals surface area (Å²) in [6, 6.07) is 0. The molecule has 2 saturated carbocycles. The minimum atomic E-state index is -0.0805. The number of rotatable bonds is 2. The summed E-state index contributed by atoms with van der Waals surface area (Å²) in [5.41, 5.74) is -0.0805. The average molecular weight is 247 g/mol. The van der Waals surface area contributed by atoms with Gasteiger partial charge in [-0.1, -0.05) is 11.6 Å². The molecule has 18 heavy (non-hydrogen) atoms. The molecule has 4 atom stereocenters. The molecule has 3 aliphatic rings. The molecule has 98 valence electrons. The van der Waals surface area contributed by atoms with Gasteiger partial charge in [-0.05, 0) is 57.4 Å². The Hall–Kier alpha value is -0.900. The molecular weight excluding hydrogens is 226 g/mol. The predicted octanol–water partition coefficient (Wildman–Crippen LogP) is 2.57. The quantitative estimate of drug-likeness (QED) is 0.872. The van der Waals surface area contributed by atoms with Gasteiger partial charge in [0.2, 0.25) is 5.89 Å². The van der Waals surface area contributed by atoms with Crippen LogP contribution in [0.5, 0.6) is 0 Å². The lowest BCUT2D eigenvalue weighted by Crippen LogP contribution is -2.33. The summed E-state index contributed by atoms with van der Waals surface area (Å²) in [6.45, 7) is 3.24. The molecule has 4 heteroatoms. The van der Waals surface area contributed by atoms with Crippen molar-refractivity contribution in [2.24, 2.45) is 11.8 Å². The van der Waals surface area contributed by atoms with E-state index in [4.69, 9.17) is 9.51 Å². The SMILES string of the molecule is CC1(c2nc(C3CC4CCC3C4)no2)CCCN1. The van der Waals surface area contributed by atoms with Crippen LogP contribution in [0.4, 0.5) is 0 Å². The summed E-state index contributed by atoms with van der Waals surface area (Å²) in [7, 11) is 0. The van der Waals surface area contributed by atoms with E-state index >= 15 is 0 Å². The summed E-state index contributed by atoms with van der Waals surface area (Å²) >= 11 is 0. The van der Waals surface area contributed by atoms with Crippen LogP contribution in [0.3, 0.4) is 0 Å². The molecule has 2 bridgehead atoms. The van der Waals surface area contributed by atoms with E-state index in [0.717, 1.165) is 36.5 Å². The van der Waals surface area contributed by atoms with Gasteiger partial charge in [-0.15, -0.1) is 0 Å². The Labute approximate surface area is 108 Å². The molecule has 1 saturated heterocycles. The number of nitrogens with zero attached hydrogens (tertiary/aromatic N) is 2. The van der Waals surface area contributed by atoms with Crippen LogP contribution in [0.1, 0.15) is 63.1 Å². The van der Waals surface area contributed by atoms with Crippen LogP contribution in [0.25, 0.3) is 0 Å². The Balaban J connectivity index is 1.58. The van der Waals surface area contributed by atoms with Gasteiger partial charge in [0.25, 0.3) is 0 Å². The smallest absolute Gasteiger partial charge is 0.246 e. The van der Waals surface area contributed by atoms with Gasteiger partial charge in [-0.3, -0.25) is 0 Å². The van der Waals surface area contributed by atoms with E-state index in [1.54, 1.807) is 0 Å². The number of hydrogen-bond donors (Lipinski definition) is 1. The van der Waals surface area contributed by atoms with E-state index < -0.39 is 0 Å². The lowest BCUT2D eigenvalue weighted by molar-refractivity contribution is 0.272. The van der Waals surface area contributed by atoms with Crippen molar-refractivity contribution in [1.29, 1.82) is 0 Å². The fourth-order valence-electron chi connectivity index (χ4n) is 4.25. The second kappa shape index (κ2) is 3.80. The van der Waals surface area contributed by atoms with Crippen molar-refractivity contribution < 1.29 is 4.52 Å². The number of aromatic nitrogens is 2. The van der Waals surface area contributed by atoms with Crippen LogP contribution in [0.2, 0.25) is 0 Å². The van der Waals surface area contributed by atoms with Gasteiger partial charge in [0, 0.05) is 5.92 Å². The van der Waals surface area contributed by atoms with Crippen LogP contribution in [0, 0.1) is 11.8 Å². The van der Waals surface area contributed by atoms with Crippen molar-refractivity contribution in [3.05, 3.63) is 11.7 Å². The van der Waals surface area contributed by atoms with Gasteiger partial charge in [-0.2, -0.15) is 4.98 Å². The van der Waals surface area contributed by atoms with E-state index in [0.29, 0.717) is 5.92 Å². The molecule has 0 amide bonds. The summed E-state index contributed by atoms with van der Waals surface area (Å²) in [5.74, 6) is 4.11. The summed E-state index contributed by atoms with van der Waals surface area (Å²) in [5, 5.41) is 7.77. The maximum atomic E-state index is 5.55. The van der Waals surface area contributed by atoms with Gasteiger partial charge in [-0.25, -0.2) is 0 Å². The third-order valence-corrected chi connectivity index (χ3v) is 5.35. The molecule has 1 aliphatic heterocycles. The third-order valence-electron chi connectivity index (χ3n) is 5.35. The number of hydrogen-bond acceptors (Lipinski definition) is 4. The van der Waals surface area contributed by atoms with E-state index in [1.165, 1.54) is 32.1 Å². The molecule has 2 aliphatic carbocycles. The lowest BCUT2D eigenvalue weighted by Gasteiger charge is -2.19. The molecule has 0 aromatic carbocycles. The Morgan fingerprint density at radius 1 is 1.33 bits per heavy atom. The third kappa shape index (κ3) is 1.54. The highest BCUT2D eigenvalue weighted by atomic mass is 16.5. The van der Waals surface area contributed by atoms with Gasteiger partial charge >= 0.3 is 0 Å². The van der Waals surface area contributed by atoms with Crippen LogP contribution in [-0.2, 0) is 5.54 Å². The van der Waals surface area contributed by atoms with Gasteiger partial charge in [0.05, 0.1) is 5.54 Å². The summed E-state index contributed by atoms with van der Waals surface area (Å²) < 4.78 is 5.55. The van der Waals surface area contributed by atoms with E-state index in [2.05, 4.69) is 17.4 Å². The van der Waals surface area contributed by atoms with Crippen molar-refractivity contribution in [2.75, 3.05) is 6.54 Å². The molecule has 3 fully saturated rings. The van der Waals surface area contributed by atoms with Gasteiger partial charge < -0.3 is 9.84 Å². The first-order valence-electron chi connectivity index (χ1n) is 7.34. The molecule has 2 heterocycles. The van der Waals surface area contributed by atoms with Crippen LogP contribution >= 0.6 is 0 Å². The van der Waals surface area contributed by atoms with Crippen molar-refractivity contribution in [3.63, 3.8) is 0 Å². The van der Waals surface area contributed by atoms with Crippen molar-refractivity contribution in [3.8, 4) is 0 Å². The highest BCUT2D eigenvalue weighted by Crippen LogP contribution is 2.52. The maximum absolute atomic E-state index is 5.55. The molecule has 1 aromatic heterocycles. The fraction of sp³-hybridized carbons (Fsp3) is 0.857. The van der Waals surface area contributed by atoms with Crippen LogP contribution in [0.15, 0.2) is 4.52 Å². The predicted molar refractivity (Wildman–Crippen MR) is 67.1 cm³/mol. The van der Waals surface area contributed by atoms with Crippen LogP contribution < -0.4 is 5.32 Å². The maximum Gasteiger partial charge on any atom is 0.246 e. The van der Waals surface area contributed by atoms with Crippen LogP contribution in [-0.4, -0.2) is 16.7 Å². The topological polar surface area (TPSA) is 51.0 Å². The Morgan fingerprint density at radius 2 is 2.28 bits per heavy atom. The van der Waals surface area contributed by atoms with Gasteiger partial charge in [0.15, 0.2) is 5.82 Å². The summed E-state index contributed by atoms with van der Waals surface area (Å²) in [4.78, 5) is 4.72. The highest BCUT2D eigenvalue weighted by molar-refractivity contribution is 5.10. The second-order valence-corrected chi connectivity index (χ2v) is 6.60. The molecule has 1 aromatic rings. The Kier molecular flexibility index (Phi) is 2.31. The zero-order valence-electron chi connectivity index (χ0n) is 11.0. The van der Waals surface area contributed by atoms with E-state index in [9.17, 15) is 0 Å². The molecular formula is C14H21N3O. The van der Waals surface area contributed by atoms with E-state index in [-0.39, 0.29) is 5.54 Å². The fourth-order valence-corrected chi connectivity index (χ4v) is 4.25. The lowest BCUT2D eigenvalue weighted by atomic mass is 9.88. The molecule has 4 nitrogen and oxygen atoms in total.